The highest BCUT2D eigenvalue weighted by molar-refractivity contribution is 6.34. The Morgan fingerprint density at radius 2 is 1.92 bits per heavy atom. The van der Waals surface area contributed by atoms with E-state index >= 15 is 0 Å². The van der Waals surface area contributed by atoms with Crippen LogP contribution in [-0.4, -0.2) is 12.5 Å². The van der Waals surface area contributed by atoms with Gasteiger partial charge in [0.15, 0.2) is 0 Å². The third-order valence-electron chi connectivity index (χ3n) is 3.14. The molecule has 0 atom stereocenters. The lowest BCUT2D eigenvalue weighted by Gasteiger charge is -2.15. The van der Waals surface area contributed by atoms with Gasteiger partial charge in [0, 0.05) is 0 Å². The van der Waals surface area contributed by atoms with E-state index in [-0.39, 0.29) is 22.0 Å². The molecule has 0 aromatic heterocycles. The molecule has 0 radical (unpaired) electrons. The summed E-state index contributed by atoms with van der Waals surface area (Å²) in [5.41, 5.74) is -0.762. The van der Waals surface area contributed by atoms with Crippen LogP contribution in [0.15, 0.2) is 42.5 Å². The number of benzene rings is 2. The number of carbonyl (C=O) groups excluding carboxylic acids is 1. The van der Waals surface area contributed by atoms with Gasteiger partial charge in [0.1, 0.15) is 5.75 Å². The molecule has 2 aromatic carbocycles. The summed E-state index contributed by atoms with van der Waals surface area (Å²) in [5.74, 6) is -0.438. The van der Waals surface area contributed by atoms with Gasteiger partial charge >= 0.3 is 6.18 Å². The Morgan fingerprint density at radius 1 is 1.21 bits per heavy atom. The van der Waals surface area contributed by atoms with Crippen LogP contribution in [0, 0.1) is 0 Å². The molecule has 0 heterocycles. The number of carbonyl (C=O) groups is 1. The van der Waals surface area contributed by atoms with E-state index in [0.717, 1.165) is 12.1 Å². The summed E-state index contributed by atoms with van der Waals surface area (Å²) in [4.78, 5) is 12.3. The maximum Gasteiger partial charge on any atom is 0.416 e. The third-order valence-corrected chi connectivity index (χ3v) is 3.46. The molecular formula is C17H15ClF3NO2. The predicted octanol–water partition coefficient (Wildman–Crippen LogP) is 5.40. The fourth-order valence-corrected chi connectivity index (χ4v) is 2.20. The van der Waals surface area contributed by atoms with Crippen molar-refractivity contribution in [2.75, 3.05) is 11.9 Å². The molecule has 0 bridgehead atoms. The second kappa shape index (κ2) is 7.57. The van der Waals surface area contributed by atoms with Crippen molar-refractivity contribution in [3.63, 3.8) is 0 Å². The van der Waals surface area contributed by atoms with Gasteiger partial charge in [-0.25, -0.2) is 0 Å². The molecule has 0 aliphatic rings. The van der Waals surface area contributed by atoms with Gasteiger partial charge in [0.2, 0.25) is 0 Å². The topological polar surface area (TPSA) is 38.3 Å². The Kier molecular flexibility index (Phi) is 5.72. The van der Waals surface area contributed by atoms with Crippen molar-refractivity contribution in [1.29, 1.82) is 0 Å². The van der Waals surface area contributed by atoms with Crippen LogP contribution >= 0.6 is 11.6 Å². The van der Waals surface area contributed by atoms with E-state index in [1.165, 1.54) is 18.2 Å². The van der Waals surface area contributed by atoms with Gasteiger partial charge in [0.05, 0.1) is 28.4 Å². The summed E-state index contributed by atoms with van der Waals surface area (Å²) >= 11 is 5.94. The summed E-state index contributed by atoms with van der Waals surface area (Å²) in [7, 11) is 0. The van der Waals surface area contributed by atoms with E-state index in [1.807, 2.05) is 6.92 Å². The number of rotatable bonds is 5. The molecule has 2 aromatic rings. The summed E-state index contributed by atoms with van der Waals surface area (Å²) in [6.07, 6.45) is -3.84. The van der Waals surface area contributed by atoms with E-state index in [9.17, 15) is 18.0 Å². The molecule has 0 aliphatic heterocycles. The average molecular weight is 358 g/mol. The molecule has 2 rings (SSSR count). The fraction of sp³-hybridized carbons (Fsp3) is 0.235. The minimum atomic E-state index is -4.52. The van der Waals surface area contributed by atoms with Crippen molar-refractivity contribution in [1.82, 2.24) is 0 Å². The maximum absolute atomic E-state index is 12.9. The normalized spacial score (nSPS) is 11.2. The van der Waals surface area contributed by atoms with Crippen molar-refractivity contribution < 1.29 is 22.7 Å². The zero-order chi connectivity index (χ0) is 17.7. The number of hydrogen-bond donors (Lipinski definition) is 1. The monoisotopic (exact) mass is 357 g/mol. The van der Waals surface area contributed by atoms with Crippen LogP contribution in [0.5, 0.6) is 5.75 Å². The van der Waals surface area contributed by atoms with Gasteiger partial charge in [-0.3, -0.25) is 4.79 Å². The largest absolute Gasteiger partial charge is 0.491 e. The van der Waals surface area contributed by atoms with Crippen molar-refractivity contribution in [2.24, 2.45) is 0 Å². The Hall–Kier alpha value is -2.21. The van der Waals surface area contributed by atoms with Crippen LogP contribution in [-0.2, 0) is 6.18 Å². The summed E-state index contributed by atoms with van der Waals surface area (Å²) < 4.78 is 44.1. The minimum Gasteiger partial charge on any atom is -0.491 e. The first-order chi connectivity index (χ1) is 11.3. The SMILES string of the molecule is CCCOc1ccc(C(F)(F)F)cc1NC(=O)c1ccccc1Cl. The highest BCUT2D eigenvalue weighted by atomic mass is 35.5. The number of hydrogen-bond acceptors (Lipinski definition) is 2. The van der Waals surface area contributed by atoms with Gasteiger partial charge in [-0.05, 0) is 36.8 Å². The van der Waals surface area contributed by atoms with E-state index in [0.29, 0.717) is 13.0 Å². The van der Waals surface area contributed by atoms with E-state index in [4.69, 9.17) is 16.3 Å². The highest BCUT2D eigenvalue weighted by Crippen LogP contribution is 2.35. The van der Waals surface area contributed by atoms with Gasteiger partial charge < -0.3 is 10.1 Å². The molecule has 0 aliphatic carbocycles. The van der Waals surface area contributed by atoms with Crippen molar-refractivity contribution in [2.45, 2.75) is 19.5 Å². The van der Waals surface area contributed by atoms with Crippen LogP contribution in [0.3, 0.4) is 0 Å². The summed E-state index contributed by atoms with van der Waals surface area (Å²) in [6.45, 7) is 2.19. The Balaban J connectivity index is 2.35. The first-order valence-corrected chi connectivity index (χ1v) is 7.60. The van der Waals surface area contributed by atoms with Gasteiger partial charge in [-0.2, -0.15) is 13.2 Å². The van der Waals surface area contributed by atoms with Gasteiger partial charge in [-0.15, -0.1) is 0 Å². The molecule has 0 fully saturated rings. The van der Waals surface area contributed by atoms with E-state index in [2.05, 4.69) is 5.32 Å². The zero-order valence-electron chi connectivity index (χ0n) is 12.8. The smallest absolute Gasteiger partial charge is 0.416 e. The number of alkyl halides is 3. The fourth-order valence-electron chi connectivity index (χ4n) is 1.98. The highest BCUT2D eigenvalue weighted by Gasteiger charge is 2.31. The van der Waals surface area contributed by atoms with Gasteiger partial charge in [-0.1, -0.05) is 30.7 Å². The van der Waals surface area contributed by atoms with Crippen LogP contribution < -0.4 is 10.1 Å². The molecule has 3 nitrogen and oxygen atoms in total. The van der Waals surface area contributed by atoms with Crippen molar-refractivity contribution in [3.8, 4) is 5.75 Å². The Labute approximate surface area is 142 Å². The molecule has 128 valence electrons. The molecule has 1 amide bonds. The average Bonchev–Trinajstić information content (AvgIpc) is 2.53. The quantitative estimate of drug-likeness (QED) is 0.778. The first-order valence-electron chi connectivity index (χ1n) is 7.23. The first kappa shape index (κ1) is 18.1. The van der Waals surface area contributed by atoms with Crippen molar-refractivity contribution in [3.05, 3.63) is 58.6 Å². The van der Waals surface area contributed by atoms with Crippen LogP contribution in [0.25, 0.3) is 0 Å². The van der Waals surface area contributed by atoms with E-state index in [1.54, 1.807) is 12.1 Å². The second-order valence-electron chi connectivity index (χ2n) is 4.99. The molecule has 0 saturated heterocycles. The molecule has 0 spiro atoms. The van der Waals surface area contributed by atoms with Crippen LogP contribution in [0.1, 0.15) is 29.3 Å². The third kappa shape index (κ3) is 4.41. The number of nitrogens with one attached hydrogen (secondary N) is 1. The van der Waals surface area contributed by atoms with E-state index < -0.39 is 17.6 Å². The minimum absolute atomic E-state index is 0.0526. The zero-order valence-corrected chi connectivity index (χ0v) is 13.5. The Morgan fingerprint density at radius 3 is 2.54 bits per heavy atom. The second-order valence-corrected chi connectivity index (χ2v) is 5.40. The number of amides is 1. The molecule has 0 saturated carbocycles. The molecule has 24 heavy (non-hydrogen) atoms. The number of anilines is 1. The molecule has 7 heteroatoms. The molecule has 1 N–H and O–H groups in total. The summed E-state index contributed by atoms with van der Waals surface area (Å²) in [5, 5.41) is 2.65. The standard InChI is InChI=1S/C17H15ClF3NO2/c1-2-9-24-15-8-7-11(17(19,20)21)10-14(15)22-16(23)12-5-3-4-6-13(12)18/h3-8,10H,2,9H2,1H3,(H,22,23). The molecule has 0 unspecified atom stereocenters. The maximum atomic E-state index is 12.9. The van der Waals surface area contributed by atoms with Gasteiger partial charge in [0.25, 0.3) is 5.91 Å². The lowest BCUT2D eigenvalue weighted by atomic mass is 10.1. The lowest BCUT2D eigenvalue weighted by Crippen LogP contribution is -2.15. The predicted molar refractivity (Wildman–Crippen MR) is 86.6 cm³/mol. The summed E-state index contributed by atoms with van der Waals surface area (Å²) in [6, 6.07) is 9.23. The number of halogens is 4. The Bertz CT molecular complexity index is 732. The van der Waals surface area contributed by atoms with Crippen LogP contribution in [0.4, 0.5) is 18.9 Å². The lowest BCUT2D eigenvalue weighted by molar-refractivity contribution is -0.137. The van der Waals surface area contributed by atoms with Crippen LogP contribution in [0.2, 0.25) is 5.02 Å². The number of ether oxygens (including phenoxy) is 1. The van der Waals surface area contributed by atoms with Crippen molar-refractivity contribution >= 4 is 23.2 Å². The molecular weight excluding hydrogens is 343 g/mol.